The number of hydrogen-bond acceptors (Lipinski definition) is 3. The minimum atomic E-state index is -0.368. The average Bonchev–Trinajstić information content (AvgIpc) is 2.10. The van der Waals surface area contributed by atoms with Gasteiger partial charge in [0.15, 0.2) is 0 Å². The van der Waals surface area contributed by atoms with Crippen molar-refractivity contribution in [3.8, 4) is 0 Å². The van der Waals surface area contributed by atoms with Crippen molar-refractivity contribution in [3.63, 3.8) is 0 Å². The smallest absolute Gasteiger partial charge is 0.129 e. The summed E-state index contributed by atoms with van der Waals surface area (Å²) in [6.07, 6.45) is -0.368. The molecule has 1 unspecified atom stereocenters. The molecule has 0 radical (unpaired) electrons. The van der Waals surface area contributed by atoms with Gasteiger partial charge < -0.3 is 5.11 Å². The van der Waals surface area contributed by atoms with Crippen molar-refractivity contribution in [2.24, 2.45) is 0 Å². The van der Waals surface area contributed by atoms with E-state index >= 15 is 0 Å². The second-order valence-corrected chi connectivity index (χ2v) is 4.40. The van der Waals surface area contributed by atoms with Gasteiger partial charge in [-0.05, 0) is 26.1 Å². The number of aliphatic hydroxyl groups is 1. The van der Waals surface area contributed by atoms with Crippen molar-refractivity contribution in [2.75, 3.05) is 13.6 Å². The number of nitrogens with zero attached hydrogens (tertiary/aromatic N) is 2. The zero-order chi connectivity index (χ0) is 11.4. The van der Waals surface area contributed by atoms with Crippen LogP contribution in [0.3, 0.4) is 0 Å². The maximum absolute atomic E-state index is 9.20. The molecule has 0 aromatic carbocycles. The van der Waals surface area contributed by atoms with Gasteiger partial charge in [0.1, 0.15) is 5.15 Å². The van der Waals surface area contributed by atoms with E-state index in [-0.39, 0.29) is 6.10 Å². The lowest BCUT2D eigenvalue weighted by molar-refractivity contribution is 0.138. The van der Waals surface area contributed by atoms with Crippen LogP contribution in [0, 0.1) is 0 Å². The topological polar surface area (TPSA) is 36.4 Å². The average molecular weight is 249 g/mol. The molecule has 3 nitrogen and oxygen atoms in total. The number of aliphatic hydroxyl groups excluding tert-OH is 1. The second-order valence-electron chi connectivity index (χ2n) is 3.61. The molecule has 0 saturated heterocycles. The van der Waals surface area contributed by atoms with Gasteiger partial charge in [0, 0.05) is 13.1 Å². The van der Waals surface area contributed by atoms with E-state index in [4.69, 9.17) is 23.2 Å². The van der Waals surface area contributed by atoms with E-state index < -0.39 is 0 Å². The highest BCUT2D eigenvalue weighted by atomic mass is 35.5. The van der Waals surface area contributed by atoms with Gasteiger partial charge in [0.05, 0.1) is 16.8 Å². The van der Waals surface area contributed by atoms with Crippen molar-refractivity contribution >= 4 is 23.2 Å². The Morgan fingerprint density at radius 3 is 2.73 bits per heavy atom. The normalized spacial score (nSPS) is 13.2. The summed E-state index contributed by atoms with van der Waals surface area (Å²) in [5.41, 5.74) is 0.729. The molecule has 0 saturated carbocycles. The van der Waals surface area contributed by atoms with Crippen molar-refractivity contribution in [1.82, 2.24) is 9.88 Å². The number of aromatic nitrogens is 1. The third kappa shape index (κ3) is 4.34. The maximum Gasteiger partial charge on any atom is 0.129 e. The first kappa shape index (κ1) is 12.7. The summed E-state index contributed by atoms with van der Waals surface area (Å²) >= 11 is 11.7. The highest BCUT2D eigenvalue weighted by molar-refractivity contribution is 6.32. The summed E-state index contributed by atoms with van der Waals surface area (Å²) in [5, 5.41) is 10.2. The third-order valence-electron chi connectivity index (χ3n) is 1.88. The Hall–Kier alpha value is -0.350. The van der Waals surface area contributed by atoms with Gasteiger partial charge in [-0.3, -0.25) is 4.90 Å². The van der Waals surface area contributed by atoms with Gasteiger partial charge in [0.2, 0.25) is 0 Å². The largest absolute Gasteiger partial charge is 0.392 e. The Labute approximate surface area is 99.6 Å². The Kier molecular flexibility index (Phi) is 4.80. The van der Waals surface area contributed by atoms with Crippen LogP contribution in [0.15, 0.2) is 12.1 Å². The summed E-state index contributed by atoms with van der Waals surface area (Å²) in [6.45, 7) is 2.89. The van der Waals surface area contributed by atoms with Crippen molar-refractivity contribution in [1.29, 1.82) is 0 Å². The highest BCUT2D eigenvalue weighted by Crippen LogP contribution is 2.17. The van der Waals surface area contributed by atoms with Gasteiger partial charge >= 0.3 is 0 Å². The van der Waals surface area contributed by atoms with Crippen LogP contribution in [0.1, 0.15) is 12.6 Å². The maximum atomic E-state index is 9.20. The summed E-state index contributed by atoms with van der Waals surface area (Å²) in [5.74, 6) is 0. The van der Waals surface area contributed by atoms with Gasteiger partial charge in [-0.15, -0.1) is 0 Å². The highest BCUT2D eigenvalue weighted by Gasteiger charge is 2.08. The fourth-order valence-corrected chi connectivity index (χ4v) is 1.67. The van der Waals surface area contributed by atoms with E-state index in [1.807, 2.05) is 11.9 Å². The van der Waals surface area contributed by atoms with E-state index in [1.54, 1.807) is 19.1 Å². The Bertz CT molecular complexity index is 331. The summed E-state index contributed by atoms with van der Waals surface area (Å²) < 4.78 is 0. The van der Waals surface area contributed by atoms with E-state index in [9.17, 15) is 5.11 Å². The molecule has 0 bridgehead atoms. The molecule has 1 aromatic heterocycles. The fraction of sp³-hybridized carbons (Fsp3) is 0.500. The van der Waals surface area contributed by atoms with Crippen LogP contribution < -0.4 is 0 Å². The van der Waals surface area contributed by atoms with Crippen molar-refractivity contribution < 1.29 is 5.11 Å². The quantitative estimate of drug-likeness (QED) is 0.831. The standard InChI is InChI=1S/C10H14Cl2N2O/c1-7(15)5-14(2)6-9-8(11)3-4-10(12)13-9/h3-4,7,15H,5-6H2,1-2H3. The Morgan fingerprint density at radius 2 is 2.13 bits per heavy atom. The molecule has 1 rings (SSSR count). The van der Waals surface area contributed by atoms with E-state index in [0.717, 1.165) is 5.69 Å². The minimum absolute atomic E-state index is 0.368. The van der Waals surface area contributed by atoms with E-state index in [2.05, 4.69) is 4.98 Å². The molecular weight excluding hydrogens is 235 g/mol. The molecular formula is C10H14Cl2N2O. The lowest BCUT2D eigenvalue weighted by Gasteiger charge is -2.18. The molecule has 5 heteroatoms. The van der Waals surface area contributed by atoms with Gasteiger partial charge in [0.25, 0.3) is 0 Å². The molecule has 0 aliphatic rings. The van der Waals surface area contributed by atoms with Crippen LogP contribution in [-0.4, -0.2) is 34.7 Å². The van der Waals surface area contributed by atoms with Crippen molar-refractivity contribution in [2.45, 2.75) is 19.6 Å². The minimum Gasteiger partial charge on any atom is -0.392 e. The van der Waals surface area contributed by atoms with Gasteiger partial charge in [-0.25, -0.2) is 4.98 Å². The molecule has 0 amide bonds. The first-order valence-corrected chi connectivity index (χ1v) is 5.42. The summed E-state index contributed by atoms with van der Waals surface area (Å²) in [6, 6.07) is 3.38. The lowest BCUT2D eigenvalue weighted by atomic mass is 10.3. The molecule has 1 N–H and O–H groups in total. The van der Waals surface area contributed by atoms with Gasteiger partial charge in [-0.1, -0.05) is 23.2 Å². The van der Waals surface area contributed by atoms with E-state index in [0.29, 0.717) is 23.3 Å². The number of pyridine rings is 1. The van der Waals surface area contributed by atoms with Crippen LogP contribution in [0.5, 0.6) is 0 Å². The van der Waals surface area contributed by atoms with Crippen LogP contribution >= 0.6 is 23.2 Å². The first-order valence-electron chi connectivity index (χ1n) is 4.66. The monoisotopic (exact) mass is 248 g/mol. The van der Waals surface area contributed by atoms with Crippen LogP contribution in [0.4, 0.5) is 0 Å². The predicted octanol–water partition coefficient (Wildman–Crippen LogP) is 2.20. The second kappa shape index (κ2) is 5.66. The fourth-order valence-electron chi connectivity index (χ4n) is 1.34. The number of likely N-dealkylation sites (N-methyl/N-ethyl adjacent to an activating group) is 1. The first-order chi connectivity index (χ1) is 6.99. The molecule has 0 aliphatic heterocycles. The summed E-state index contributed by atoms with van der Waals surface area (Å²) in [4.78, 5) is 6.07. The van der Waals surface area contributed by atoms with Crippen LogP contribution in [0.25, 0.3) is 0 Å². The van der Waals surface area contributed by atoms with Crippen molar-refractivity contribution in [3.05, 3.63) is 28.0 Å². The van der Waals surface area contributed by atoms with Crippen LogP contribution in [-0.2, 0) is 6.54 Å². The Balaban J connectivity index is 2.67. The SMILES string of the molecule is CC(O)CN(C)Cc1nc(Cl)ccc1Cl. The molecule has 0 spiro atoms. The van der Waals surface area contributed by atoms with Crippen LogP contribution in [0.2, 0.25) is 10.2 Å². The number of hydrogen-bond donors (Lipinski definition) is 1. The Morgan fingerprint density at radius 1 is 1.47 bits per heavy atom. The third-order valence-corrected chi connectivity index (χ3v) is 2.43. The van der Waals surface area contributed by atoms with Gasteiger partial charge in [-0.2, -0.15) is 0 Å². The van der Waals surface area contributed by atoms with E-state index in [1.165, 1.54) is 0 Å². The molecule has 0 aliphatic carbocycles. The number of halogens is 2. The lowest BCUT2D eigenvalue weighted by Crippen LogP contribution is -2.27. The molecule has 1 heterocycles. The zero-order valence-corrected chi connectivity index (χ0v) is 10.3. The zero-order valence-electron chi connectivity index (χ0n) is 8.74. The number of rotatable bonds is 4. The molecule has 84 valence electrons. The molecule has 15 heavy (non-hydrogen) atoms. The molecule has 1 atom stereocenters. The summed E-state index contributed by atoms with van der Waals surface area (Å²) in [7, 11) is 1.89. The molecule has 0 fully saturated rings. The molecule has 1 aromatic rings. The predicted molar refractivity (Wildman–Crippen MR) is 62.3 cm³/mol.